The number of carboxylic acid groups (broad SMARTS) is 1. The van der Waals surface area contributed by atoms with Gasteiger partial charge in [-0.25, -0.2) is 0 Å². The largest absolute Gasteiger partial charge is 0.483 e. The summed E-state index contributed by atoms with van der Waals surface area (Å²) in [5.41, 5.74) is 0. The summed E-state index contributed by atoms with van der Waals surface area (Å²) in [6, 6.07) is 0.736. The van der Waals surface area contributed by atoms with Crippen LogP contribution in [0.5, 0.6) is 0 Å². The molecule has 0 aromatic heterocycles. The minimum atomic E-state index is -0.250. The third-order valence-electron chi connectivity index (χ3n) is 1.55. The van der Waals surface area contributed by atoms with Crippen LogP contribution in [0, 0.1) is 0 Å². The van der Waals surface area contributed by atoms with Crippen molar-refractivity contribution in [1.82, 2.24) is 0 Å². The van der Waals surface area contributed by atoms with E-state index in [1.54, 1.807) is 0 Å². The molecule has 62 valence electrons. The highest BCUT2D eigenvalue weighted by Crippen LogP contribution is 1.97. The van der Waals surface area contributed by atoms with Gasteiger partial charge in [-0.15, -0.1) is 0 Å². The fraction of sp³-hybridized carbons (Fsp3) is 0.857. The predicted octanol–water partition coefficient (Wildman–Crippen LogP) is 0.802. The van der Waals surface area contributed by atoms with Gasteiger partial charge in [-0.05, 0) is 13.8 Å². The smallest absolute Gasteiger partial charge is 0.290 e. The van der Waals surface area contributed by atoms with Gasteiger partial charge in [-0.3, -0.25) is 4.79 Å². The van der Waals surface area contributed by atoms with E-state index in [0.717, 1.165) is 10.5 Å². The maximum atomic E-state index is 8.36. The van der Waals surface area contributed by atoms with E-state index < -0.39 is 0 Å². The van der Waals surface area contributed by atoms with Gasteiger partial charge in [0.2, 0.25) is 0 Å². The summed E-state index contributed by atoms with van der Waals surface area (Å²) in [5, 5.41) is 6.89. The monoisotopic (exact) mass is 148 g/mol. The molecule has 0 unspecified atom stereocenters. The van der Waals surface area contributed by atoms with Gasteiger partial charge in [0.1, 0.15) is 0 Å². The molecule has 0 aliphatic rings. The number of hydrogen-bond acceptors (Lipinski definition) is 1. The van der Waals surface area contributed by atoms with E-state index in [1.165, 1.54) is 0 Å². The van der Waals surface area contributed by atoms with Crippen molar-refractivity contribution in [2.45, 2.75) is 19.9 Å². The number of hydrogen-bond donors (Lipinski definition) is 1. The molecule has 0 aliphatic heterocycles. The summed E-state index contributed by atoms with van der Waals surface area (Å²) in [6.45, 7) is 4.19. The van der Waals surface area contributed by atoms with Crippen LogP contribution in [0.4, 0.5) is 0 Å². The zero-order valence-electron chi connectivity index (χ0n) is 7.46. The van der Waals surface area contributed by atoms with E-state index in [1.807, 2.05) is 0 Å². The topological polar surface area (TPSA) is 37.3 Å². The minimum absolute atomic E-state index is 0.250. The molecular formula is C7H18NO2+. The minimum Gasteiger partial charge on any atom is -0.483 e. The molecule has 0 aromatic carbocycles. The van der Waals surface area contributed by atoms with Gasteiger partial charge >= 0.3 is 0 Å². The first-order valence-corrected chi connectivity index (χ1v) is 3.25. The van der Waals surface area contributed by atoms with Crippen LogP contribution in [0.3, 0.4) is 0 Å². The third kappa shape index (κ3) is 10.4. The van der Waals surface area contributed by atoms with Crippen LogP contribution < -0.4 is 0 Å². The van der Waals surface area contributed by atoms with Crippen molar-refractivity contribution in [2.24, 2.45) is 0 Å². The standard InChI is InChI=1S/C6H16N.CH2O2/c1-6(2)7(3,4)5;2-1-3/h6H,1-5H3;1H,(H,2,3)/q+1;. The Balaban J connectivity index is 0. The summed E-state index contributed by atoms with van der Waals surface area (Å²) in [6.07, 6.45) is 0. The lowest BCUT2D eigenvalue weighted by Gasteiger charge is -2.28. The Labute approximate surface area is 62.9 Å². The maximum absolute atomic E-state index is 8.36. The molecule has 3 nitrogen and oxygen atoms in total. The van der Waals surface area contributed by atoms with E-state index in [4.69, 9.17) is 9.90 Å². The average Bonchev–Trinajstić information content (AvgIpc) is 1.64. The van der Waals surface area contributed by atoms with Gasteiger partial charge < -0.3 is 9.59 Å². The average molecular weight is 148 g/mol. The molecule has 0 fully saturated rings. The summed E-state index contributed by atoms with van der Waals surface area (Å²) < 4.78 is 1.06. The number of nitrogens with zero attached hydrogens (tertiary/aromatic N) is 1. The molecule has 0 rings (SSSR count). The van der Waals surface area contributed by atoms with Gasteiger partial charge in [0.15, 0.2) is 0 Å². The van der Waals surface area contributed by atoms with Crippen molar-refractivity contribution in [1.29, 1.82) is 0 Å². The van der Waals surface area contributed by atoms with Crippen molar-refractivity contribution in [3.05, 3.63) is 0 Å². The van der Waals surface area contributed by atoms with Gasteiger partial charge in [0.25, 0.3) is 6.47 Å². The van der Waals surface area contributed by atoms with Crippen LogP contribution in [-0.2, 0) is 4.79 Å². The highest BCUT2D eigenvalue weighted by atomic mass is 16.3. The first-order chi connectivity index (χ1) is 4.36. The Morgan fingerprint density at radius 3 is 1.40 bits per heavy atom. The van der Waals surface area contributed by atoms with Crippen LogP contribution in [-0.4, -0.2) is 43.2 Å². The van der Waals surface area contributed by atoms with Crippen molar-refractivity contribution in [3.63, 3.8) is 0 Å². The molecule has 0 bridgehead atoms. The zero-order valence-corrected chi connectivity index (χ0v) is 7.46. The fourth-order valence-corrected chi connectivity index (χ4v) is 0. The lowest BCUT2D eigenvalue weighted by atomic mass is 10.3. The Morgan fingerprint density at radius 2 is 1.40 bits per heavy atom. The summed E-state index contributed by atoms with van der Waals surface area (Å²) in [5.74, 6) is 0. The van der Waals surface area contributed by atoms with Crippen molar-refractivity contribution in [2.75, 3.05) is 21.1 Å². The molecule has 0 spiro atoms. The number of rotatable bonds is 1. The number of quaternary nitrogens is 1. The van der Waals surface area contributed by atoms with E-state index in [9.17, 15) is 0 Å². The molecule has 1 N–H and O–H groups in total. The molecule has 0 saturated carbocycles. The SMILES string of the molecule is CC(C)[N+](C)(C)C.O=CO. The van der Waals surface area contributed by atoms with E-state index in [2.05, 4.69) is 35.0 Å². The molecule has 10 heavy (non-hydrogen) atoms. The van der Waals surface area contributed by atoms with Gasteiger partial charge in [-0.2, -0.15) is 0 Å². The second kappa shape index (κ2) is 5.23. The van der Waals surface area contributed by atoms with E-state index in [0.29, 0.717) is 0 Å². The highest BCUT2D eigenvalue weighted by molar-refractivity contribution is 5.32. The van der Waals surface area contributed by atoms with Crippen LogP contribution in [0.1, 0.15) is 13.8 Å². The van der Waals surface area contributed by atoms with Crippen LogP contribution in [0.15, 0.2) is 0 Å². The Kier molecular flexibility index (Phi) is 6.35. The Bertz CT molecular complexity index is 84.1. The molecule has 0 atom stereocenters. The normalized spacial score (nSPS) is 10.2. The van der Waals surface area contributed by atoms with Crippen LogP contribution in [0.25, 0.3) is 0 Å². The third-order valence-corrected chi connectivity index (χ3v) is 1.55. The molecule has 0 aliphatic carbocycles. The van der Waals surface area contributed by atoms with Gasteiger partial charge in [0.05, 0.1) is 27.2 Å². The summed E-state index contributed by atoms with van der Waals surface area (Å²) in [7, 11) is 6.60. The van der Waals surface area contributed by atoms with Crippen molar-refractivity contribution >= 4 is 6.47 Å². The Morgan fingerprint density at radius 1 is 1.30 bits per heavy atom. The second-order valence-corrected chi connectivity index (χ2v) is 3.32. The molecule has 0 radical (unpaired) electrons. The van der Waals surface area contributed by atoms with E-state index >= 15 is 0 Å². The van der Waals surface area contributed by atoms with E-state index in [-0.39, 0.29) is 6.47 Å². The number of carbonyl (C=O) groups is 1. The van der Waals surface area contributed by atoms with Gasteiger partial charge in [0, 0.05) is 0 Å². The fourth-order valence-electron chi connectivity index (χ4n) is 0. The van der Waals surface area contributed by atoms with Gasteiger partial charge in [-0.1, -0.05) is 0 Å². The second-order valence-electron chi connectivity index (χ2n) is 3.32. The zero-order chi connectivity index (χ0) is 8.78. The molecule has 3 heteroatoms. The molecule has 0 aromatic rings. The Hall–Kier alpha value is -0.570. The lowest BCUT2D eigenvalue weighted by Crippen LogP contribution is -2.41. The summed E-state index contributed by atoms with van der Waals surface area (Å²) >= 11 is 0. The van der Waals surface area contributed by atoms with Crippen LogP contribution >= 0.6 is 0 Å². The quantitative estimate of drug-likeness (QED) is 0.441. The van der Waals surface area contributed by atoms with Crippen molar-refractivity contribution < 1.29 is 14.4 Å². The van der Waals surface area contributed by atoms with Crippen LogP contribution in [0.2, 0.25) is 0 Å². The summed E-state index contributed by atoms with van der Waals surface area (Å²) in [4.78, 5) is 8.36. The first-order valence-electron chi connectivity index (χ1n) is 3.25. The molecule has 0 saturated heterocycles. The maximum Gasteiger partial charge on any atom is 0.290 e. The molecule has 0 heterocycles. The lowest BCUT2D eigenvalue weighted by molar-refractivity contribution is -0.891. The molecule has 0 amide bonds. The first kappa shape index (κ1) is 12.1. The molecular weight excluding hydrogens is 130 g/mol. The predicted molar refractivity (Wildman–Crippen MR) is 41.9 cm³/mol. The highest BCUT2D eigenvalue weighted by Gasteiger charge is 2.10. The van der Waals surface area contributed by atoms with Crippen molar-refractivity contribution in [3.8, 4) is 0 Å².